The van der Waals surface area contributed by atoms with E-state index in [4.69, 9.17) is 5.11 Å². The second kappa shape index (κ2) is 7.83. The molecule has 0 amide bonds. The number of alkyl halides is 3. The number of halogens is 4. The fourth-order valence-corrected chi connectivity index (χ4v) is 2.61. The minimum atomic E-state index is -4.08. The Hall–Kier alpha value is -1.27. The molecule has 0 radical (unpaired) electrons. The molecule has 1 aromatic carbocycles. The molecular formula is C15H19ClF3NO2. The molecule has 0 aromatic heterocycles. The van der Waals surface area contributed by atoms with Gasteiger partial charge in [-0.25, -0.2) is 0 Å². The summed E-state index contributed by atoms with van der Waals surface area (Å²) in [7, 11) is 0. The molecule has 1 N–H and O–H groups in total. The lowest BCUT2D eigenvalue weighted by Gasteiger charge is -2.32. The second-order valence-electron chi connectivity index (χ2n) is 5.48. The number of aliphatic carboxylic acids is 1. The largest absolute Gasteiger partial charge is 0.481 e. The first-order chi connectivity index (χ1) is 9.84. The Labute approximate surface area is 133 Å². The van der Waals surface area contributed by atoms with Crippen LogP contribution in [0.1, 0.15) is 24.0 Å². The maximum atomic E-state index is 12.6. The molecule has 0 atom stereocenters. The van der Waals surface area contributed by atoms with Crippen molar-refractivity contribution >= 4 is 18.4 Å². The average molecular weight is 338 g/mol. The summed E-state index contributed by atoms with van der Waals surface area (Å²) in [5.74, 6) is -2.05. The lowest BCUT2D eigenvalue weighted by atomic mass is 9.96. The lowest BCUT2D eigenvalue weighted by molar-refractivity contribution is -0.185. The number of carboxylic acids is 1. The summed E-state index contributed by atoms with van der Waals surface area (Å²) in [4.78, 5) is 12.6. The molecule has 0 saturated carbocycles. The van der Waals surface area contributed by atoms with Gasteiger partial charge in [-0.1, -0.05) is 24.3 Å². The van der Waals surface area contributed by atoms with E-state index in [2.05, 4.69) is 0 Å². The number of carboxylic acid groups (broad SMARTS) is 1. The topological polar surface area (TPSA) is 40.5 Å². The van der Waals surface area contributed by atoms with Gasteiger partial charge in [0.1, 0.15) is 0 Å². The number of rotatable bonds is 4. The molecule has 1 fully saturated rings. The van der Waals surface area contributed by atoms with Crippen molar-refractivity contribution in [2.24, 2.45) is 5.92 Å². The normalized spacial score (nSPS) is 17.0. The SMILES string of the molecule is Cl.O=C(O)Cc1ccc(CN2CCC(C(F)(F)F)CC2)cc1. The highest BCUT2D eigenvalue weighted by atomic mass is 35.5. The minimum absolute atomic E-state index is 0. The Kier molecular flexibility index (Phi) is 6.68. The molecule has 0 spiro atoms. The Morgan fingerprint density at radius 1 is 1.14 bits per heavy atom. The van der Waals surface area contributed by atoms with Crippen LogP contribution in [-0.4, -0.2) is 35.2 Å². The van der Waals surface area contributed by atoms with E-state index in [0.29, 0.717) is 19.6 Å². The molecule has 2 rings (SSSR count). The van der Waals surface area contributed by atoms with Crippen LogP contribution in [0.2, 0.25) is 0 Å². The molecule has 124 valence electrons. The summed E-state index contributed by atoms with van der Waals surface area (Å²) in [5.41, 5.74) is 1.72. The number of benzene rings is 1. The van der Waals surface area contributed by atoms with Gasteiger partial charge < -0.3 is 5.11 Å². The molecule has 3 nitrogen and oxygen atoms in total. The van der Waals surface area contributed by atoms with Crippen LogP contribution in [0.5, 0.6) is 0 Å². The van der Waals surface area contributed by atoms with Crippen LogP contribution >= 0.6 is 12.4 Å². The number of carbonyl (C=O) groups is 1. The highest BCUT2D eigenvalue weighted by molar-refractivity contribution is 5.85. The summed E-state index contributed by atoms with van der Waals surface area (Å²) >= 11 is 0. The first kappa shape index (κ1) is 18.8. The fraction of sp³-hybridized carbons (Fsp3) is 0.533. The van der Waals surface area contributed by atoms with Crippen molar-refractivity contribution in [1.82, 2.24) is 4.90 Å². The molecule has 0 aliphatic carbocycles. The quantitative estimate of drug-likeness (QED) is 0.914. The van der Waals surface area contributed by atoms with E-state index >= 15 is 0 Å². The first-order valence-electron chi connectivity index (χ1n) is 6.93. The first-order valence-corrected chi connectivity index (χ1v) is 6.93. The van der Waals surface area contributed by atoms with Gasteiger partial charge in [0.15, 0.2) is 0 Å². The highest BCUT2D eigenvalue weighted by Crippen LogP contribution is 2.34. The monoisotopic (exact) mass is 337 g/mol. The smallest absolute Gasteiger partial charge is 0.391 e. The predicted molar refractivity (Wildman–Crippen MR) is 79.1 cm³/mol. The molecule has 1 aromatic rings. The van der Waals surface area contributed by atoms with Crippen LogP contribution in [0, 0.1) is 5.92 Å². The van der Waals surface area contributed by atoms with E-state index in [-0.39, 0.29) is 31.7 Å². The fourth-order valence-electron chi connectivity index (χ4n) is 2.61. The Balaban J connectivity index is 0.00000242. The van der Waals surface area contributed by atoms with E-state index in [0.717, 1.165) is 11.1 Å². The van der Waals surface area contributed by atoms with Crippen molar-refractivity contribution in [2.75, 3.05) is 13.1 Å². The Bertz CT molecular complexity index is 483. The molecule has 1 aliphatic heterocycles. The Morgan fingerprint density at radius 2 is 1.64 bits per heavy atom. The summed E-state index contributed by atoms with van der Waals surface area (Å²) < 4.78 is 37.7. The third kappa shape index (κ3) is 5.50. The van der Waals surface area contributed by atoms with E-state index in [1.807, 2.05) is 17.0 Å². The zero-order valence-corrected chi connectivity index (χ0v) is 12.8. The molecule has 1 aliphatic rings. The van der Waals surface area contributed by atoms with Crippen molar-refractivity contribution in [3.63, 3.8) is 0 Å². The molecular weight excluding hydrogens is 319 g/mol. The maximum Gasteiger partial charge on any atom is 0.391 e. The third-order valence-corrected chi connectivity index (χ3v) is 3.83. The van der Waals surface area contributed by atoms with Crippen LogP contribution in [0.25, 0.3) is 0 Å². The van der Waals surface area contributed by atoms with Crippen LogP contribution in [0.15, 0.2) is 24.3 Å². The maximum absolute atomic E-state index is 12.6. The van der Waals surface area contributed by atoms with Crippen LogP contribution in [-0.2, 0) is 17.8 Å². The zero-order chi connectivity index (χ0) is 15.5. The van der Waals surface area contributed by atoms with E-state index in [9.17, 15) is 18.0 Å². The van der Waals surface area contributed by atoms with Crippen molar-refractivity contribution in [3.05, 3.63) is 35.4 Å². The minimum Gasteiger partial charge on any atom is -0.481 e. The van der Waals surface area contributed by atoms with Gasteiger partial charge in [0, 0.05) is 6.54 Å². The molecule has 0 unspecified atom stereocenters. The van der Waals surface area contributed by atoms with Crippen LogP contribution in [0.4, 0.5) is 13.2 Å². The number of piperidine rings is 1. The van der Waals surface area contributed by atoms with Crippen molar-refractivity contribution < 1.29 is 23.1 Å². The van der Waals surface area contributed by atoms with Crippen molar-refractivity contribution in [2.45, 2.75) is 32.0 Å². The molecule has 22 heavy (non-hydrogen) atoms. The summed E-state index contributed by atoms with van der Waals surface area (Å²) in [6.45, 7) is 1.50. The third-order valence-electron chi connectivity index (χ3n) is 3.83. The summed E-state index contributed by atoms with van der Waals surface area (Å²) in [6.07, 6.45) is -3.79. The number of likely N-dealkylation sites (tertiary alicyclic amines) is 1. The predicted octanol–water partition coefficient (Wildman–Crippen LogP) is 3.51. The lowest BCUT2D eigenvalue weighted by Crippen LogP contribution is -2.38. The number of hydrogen-bond acceptors (Lipinski definition) is 2. The average Bonchev–Trinajstić information content (AvgIpc) is 2.40. The highest BCUT2D eigenvalue weighted by Gasteiger charge is 2.40. The van der Waals surface area contributed by atoms with E-state index < -0.39 is 18.1 Å². The van der Waals surface area contributed by atoms with Gasteiger partial charge in [-0.15, -0.1) is 12.4 Å². The van der Waals surface area contributed by atoms with Gasteiger partial charge in [-0.05, 0) is 37.1 Å². The van der Waals surface area contributed by atoms with Gasteiger partial charge in [-0.2, -0.15) is 13.2 Å². The summed E-state index contributed by atoms with van der Waals surface area (Å²) in [5, 5.41) is 8.69. The van der Waals surface area contributed by atoms with Crippen molar-refractivity contribution in [1.29, 1.82) is 0 Å². The van der Waals surface area contributed by atoms with Gasteiger partial charge >= 0.3 is 12.1 Å². The second-order valence-corrected chi connectivity index (χ2v) is 5.48. The van der Waals surface area contributed by atoms with Gasteiger partial charge in [0.2, 0.25) is 0 Å². The molecule has 1 heterocycles. The number of nitrogens with zero attached hydrogens (tertiary/aromatic N) is 1. The summed E-state index contributed by atoms with van der Waals surface area (Å²) in [6, 6.07) is 7.19. The standard InChI is InChI=1S/C15H18F3NO2.ClH/c16-15(17,18)13-5-7-19(8-6-13)10-12-3-1-11(2-4-12)9-14(20)21;/h1-4,13H,5-10H2,(H,20,21);1H. The van der Waals surface area contributed by atoms with Gasteiger partial charge in [0.05, 0.1) is 12.3 Å². The Morgan fingerprint density at radius 3 is 2.09 bits per heavy atom. The van der Waals surface area contributed by atoms with Crippen LogP contribution in [0.3, 0.4) is 0 Å². The molecule has 0 bridgehead atoms. The van der Waals surface area contributed by atoms with Gasteiger partial charge in [-0.3, -0.25) is 9.69 Å². The zero-order valence-electron chi connectivity index (χ0n) is 12.0. The van der Waals surface area contributed by atoms with Gasteiger partial charge in [0.25, 0.3) is 0 Å². The van der Waals surface area contributed by atoms with E-state index in [1.165, 1.54) is 0 Å². The molecule has 1 saturated heterocycles. The number of hydrogen-bond donors (Lipinski definition) is 1. The van der Waals surface area contributed by atoms with E-state index in [1.54, 1.807) is 12.1 Å². The van der Waals surface area contributed by atoms with Crippen molar-refractivity contribution in [3.8, 4) is 0 Å². The van der Waals surface area contributed by atoms with Crippen LogP contribution < -0.4 is 0 Å². The molecule has 7 heteroatoms.